The number of ether oxygens (including phenoxy) is 3. The molecule has 1 aromatic heterocycles. The molecule has 0 bridgehead atoms. The number of aromatic amines is 1. The number of carbonyl (C=O) groups excluding carboxylic acids is 2. The van der Waals surface area contributed by atoms with Gasteiger partial charge in [0.05, 0.1) is 50.7 Å². The summed E-state index contributed by atoms with van der Waals surface area (Å²) in [4.78, 5) is 41.9. The van der Waals surface area contributed by atoms with Gasteiger partial charge in [-0.05, 0) is 67.3 Å². The molecular formula is C36H43N3O7Si. The van der Waals surface area contributed by atoms with Gasteiger partial charge < -0.3 is 24.2 Å². The first-order chi connectivity index (χ1) is 22.6. The second kappa shape index (κ2) is 12.8. The zero-order chi connectivity index (χ0) is 33.5. The Morgan fingerprint density at radius 3 is 2.47 bits per heavy atom. The van der Waals surface area contributed by atoms with Crippen molar-refractivity contribution < 1.29 is 28.9 Å². The molecule has 4 atom stereocenters. The number of hydrogen-bond acceptors (Lipinski definition) is 7. The van der Waals surface area contributed by atoms with E-state index in [0.717, 1.165) is 22.5 Å². The number of aliphatic hydroxyl groups is 1. The Morgan fingerprint density at radius 2 is 1.79 bits per heavy atom. The predicted octanol–water partition coefficient (Wildman–Crippen LogP) is 4.62. The van der Waals surface area contributed by atoms with Crippen LogP contribution in [0.3, 0.4) is 0 Å². The van der Waals surface area contributed by atoms with Crippen LogP contribution in [-0.4, -0.2) is 68.3 Å². The molecule has 2 N–H and O–H groups in total. The maximum absolute atomic E-state index is 14.8. The molecule has 1 fully saturated rings. The molecule has 6 rings (SSSR count). The largest absolute Gasteiger partial charge is 0.497 e. The molecule has 2 aliphatic rings. The smallest absolute Gasteiger partial charge is 0.305 e. The van der Waals surface area contributed by atoms with Gasteiger partial charge in [-0.3, -0.25) is 19.5 Å². The summed E-state index contributed by atoms with van der Waals surface area (Å²) < 4.78 is 18.8. The van der Waals surface area contributed by atoms with Crippen molar-refractivity contribution in [2.75, 3.05) is 32.3 Å². The lowest BCUT2D eigenvalue weighted by molar-refractivity contribution is -0.146. The Labute approximate surface area is 275 Å². The highest BCUT2D eigenvalue weighted by molar-refractivity contribution is 6.91. The first-order valence-electron chi connectivity index (χ1n) is 16.2. The molecule has 4 aromatic rings. The van der Waals surface area contributed by atoms with Crippen molar-refractivity contribution >= 4 is 41.7 Å². The van der Waals surface area contributed by atoms with E-state index in [1.807, 2.05) is 48.5 Å². The molecular weight excluding hydrogens is 614 g/mol. The summed E-state index contributed by atoms with van der Waals surface area (Å²) in [5, 5.41) is 15.2. The number of nitrogens with zero attached hydrogens (tertiary/aromatic N) is 2. The third-order valence-corrected chi connectivity index (χ3v) is 14.7. The van der Waals surface area contributed by atoms with Crippen LogP contribution in [-0.2, 0) is 24.7 Å². The van der Waals surface area contributed by atoms with Crippen LogP contribution in [0, 0.1) is 5.92 Å². The Balaban J connectivity index is 1.46. The number of anilines is 1. The Morgan fingerprint density at radius 1 is 1.04 bits per heavy atom. The van der Waals surface area contributed by atoms with Gasteiger partial charge in [0.1, 0.15) is 5.75 Å². The maximum Gasteiger partial charge on any atom is 0.305 e. The van der Waals surface area contributed by atoms with Crippen LogP contribution in [0.5, 0.6) is 5.75 Å². The average Bonchev–Trinajstić information content (AvgIpc) is 3.66. The van der Waals surface area contributed by atoms with Crippen molar-refractivity contribution in [2.24, 2.45) is 5.92 Å². The second-order valence-corrected chi connectivity index (χ2v) is 17.8. The summed E-state index contributed by atoms with van der Waals surface area (Å²) in [5.74, 6) is 0.101. The van der Waals surface area contributed by atoms with Gasteiger partial charge in [0.25, 0.3) is 11.5 Å². The summed E-state index contributed by atoms with van der Waals surface area (Å²) >= 11 is 0. The molecule has 0 unspecified atom stereocenters. The quantitative estimate of drug-likeness (QED) is 0.137. The van der Waals surface area contributed by atoms with Crippen LogP contribution < -0.4 is 20.4 Å². The minimum Gasteiger partial charge on any atom is -0.497 e. The lowest BCUT2D eigenvalue weighted by Gasteiger charge is -2.37. The Bertz CT molecular complexity index is 1850. The van der Waals surface area contributed by atoms with Gasteiger partial charge in [-0.15, -0.1) is 0 Å². The van der Waals surface area contributed by atoms with Crippen molar-refractivity contribution in [3.8, 4) is 11.4 Å². The van der Waals surface area contributed by atoms with E-state index in [2.05, 4.69) is 37.2 Å². The molecule has 2 aliphatic heterocycles. The van der Waals surface area contributed by atoms with E-state index in [4.69, 9.17) is 14.2 Å². The first-order valence-corrected chi connectivity index (χ1v) is 19.3. The van der Waals surface area contributed by atoms with E-state index in [1.54, 1.807) is 18.1 Å². The van der Waals surface area contributed by atoms with Crippen molar-refractivity contribution in [3.63, 3.8) is 0 Å². The van der Waals surface area contributed by atoms with Gasteiger partial charge in [-0.25, -0.2) is 4.68 Å². The van der Waals surface area contributed by atoms with Crippen LogP contribution in [0.4, 0.5) is 5.69 Å². The topological polar surface area (TPSA) is 123 Å². The SMILES string of the molecule is COC(=O)CCCCN1C(=O)[C@]2(O[C@H](CCO)[C@@H]([Si](C)(C)c3ccc(OC)cc3)[C@@H]2C)c2cc(-n3[nH]c4ccccc4c3=O)ccc21. The van der Waals surface area contributed by atoms with Crippen molar-refractivity contribution in [3.05, 3.63) is 82.6 Å². The Kier molecular flexibility index (Phi) is 8.90. The van der Waals surface area contributed by atoms with Crippen molar-refractivity contribution in [1.82, 2.24) is 9.78 Å². The monoisotopic (exact) mass is 657 g/mol. The van der Waals surface area contributed by atoms with E-state index in [9.17, 15) is 19.5 Å². The molecule has 1 saturated heterocycles. The van der Waals surface area contributed by atoms with Crippen molar-refractivity contribution in [2.45, 2.75) is 62.9 Å². The first kappa shape index (κ1) is 32.7. The number of nitrogens with one attached hydrogen (secondary N) is 1. The number of unbranched alkanes of at least 4 members (excludes halogenated alkanes) is 1. The maximum atomic E-state index is 14.8. The highest BCUT2D eigenvalue weighted by Gasteiger charge is 2.66. The minimum atomic E-state index is -2.34. The van der Waals surface area contributed by atoms with E-state index in [1.165, 1.54) is 17.0 Å². The van der Waals surface area contributed by atoms with E-state index in [-0.39, 0.29) is 48.0 Å². The molecule has 1 spiro atoms. The van der Waals surface area contributed by atoms with Gasteiger partial charge in [-0.1, -0.05) is 49.5 Å². The molecule has 248 valence electrons. The normalized spacial score (nSPS) is 22.3. The van der Waals surface area contributed by atoms with Crippen LogP contribution in [0.2, 0.25) is 18.6 Å². The molecule has 10 nitrogen and oxygen atoms in total. The number of aromatic nitrogens is 2. The fourth-order valence-corrected chi connectivity index (χ4v) is 12.0. The van der Waals surface area contributed by atoms with E-state index < -0.39 is 13.7 Å². The standard InChI is InChI=1S/C36H43N3O7Si/c1-23-33(47(4,5)26-16-14-25(44-2)15-17-26)31(19-21-40)46-36(23)28-22-24(39-34(42)27-10-6-7-11-29(27)37-39)13-18-30(28)38(35(36)43)20-9-8-12-32(41)45-3/h6-7,10-11,13-18,22-23,31,33,37,40H,8-9,12,19-21H2,1-5H3/t23-,31+,33-,36+/m0/s1. The van der Waals surface area contributed by atoms with Gasteiger partial charge in [0.2, 0.25) is 0 Å². The summed E-state index contributed by atoms with van der Waals surface area (Å²) in [6.07, 6.45) is 1.48. The second-order valence-electron chi connectivity index (χ2n) is 13.2. The number of H-pyrrole nitrogens is 1. The zero-order valence-electron chi connectivity index (χ0n) is 27.6. The summed E-state index contributed by atoms with van der Waals surface area (Å²) in [6, 6.07) is 21.2. The molecule has 0 radical (unpaired) electrons. The van der Waals surface area contributed by atoms with E-state index in [0.29, 0.717) is 36.9 Å². The number of amides is 1. The van der Waals surface area contributed by atoms with Crippen LogP contribution >= 0.6 is 0 Å². The number of esters is 1. The third kappa shape index (κ3) is 5.40. The highest BCUT2D eigenvalue weighted by Crippen LogP contribution is 2.60. The minimum absolute atomic E-state index is 0.0152. The highest BCUT2D eigenvalue weighted by atomic mass is 28.3. The number of rotatable bonds is 11. The van der Waals surface area contributed by atoms with Crippen molar-refractivity contribution in [1.29, 1.82) is 0 Å². The number of hydrogen-bond donors (Lipinski definition) is 2. The predicted molar refractivity (Wildman–Crippen MR) is 183 cm³/mol. The Hall–Kier alpha value is -4.19. The lowest BCUT2D eigenvalue weighted by atomic mass is 9.82. The number of benzene rings is 3. The summed E-state index contributed by atoms with van der Waals surface area (Å²) in [5.41, 5.74) is 1.27. The zero-order valence-corrected chi connectivity index (χ0v) is 28.6. The number of para-hydroxylation sites is 1. The number of aliphatic hydroxyl groups excluding tert-OH is 1. The van der Waals surface area contributed by atoms with Crippen LogP contribution in [0.25, 0.3) is 16.6 Å². The van der Waals surface area contributed by atoms with Crippen LogP contribution in [0.15, 0.2) is 71.5 Å². The molecule has 3 heterocycles. The summed E-state index contributed by atoms with van der Waals surface area (Å²) in [7, 11) is 0.675. The number of fused-ring (bicyclic) bond motifs is 3. The van der Waals surface area contributed by atoms with Gasteiger partial charge in [0, 0.05) is 31.1 Å². The van der Waals surface area contributed by atoms with Crippen LogP contribution in [0.1, 0.15) is 38.2 Å². The summed E-state index contributed by atoms with van der Waals surface area (Å²) in [6.45, 7) is 7.04. The fraction of sp³-hybridized carbons (Fsp3) is 0.417. The van der Waals surface area contributed by atoms with Gasteiger partial charge in [-0.2, -0.15) is 0 Å². The van der Waals surface area contributed by atoms with E-state index >= 15 is 0 Å². The molecule has 1 amide bonds. The fourth-order valence-electron chi connectivity index (χ4n) is 7.94. The van der Waals surface area contributed by atoms with Gasteiger partial charge in [0.15, 0.2) is 5.60 Å². The number of methoxy groups -OCH3 is 2. The average molecular weight is 658 g/mol. The molecule has 0 aliphatic carbocycles. The lowest BCUT2D eigenvalue weighted by Crippen LogP contribution is -2.52. The molecule has 11 heteroatoms. The molecule has 0 saturated carbocycles. The number of carbonyl (C=O) groups is 2. The third-order valence-electron chi connectivity index (χ3n) is 10.3. The molecule has 3 aromatic carbocycles. The van der Waals surface area contributed by atoms with Gasteiger partial charge >= 0.3 is 5.97 Å². The molecule has 47 heavy (non-hydrogen) atoms.